The molecular weight excluding hydrogens is 268 g/mol. The zero-order valence-electron chi connectivity index (χ0n) is 10.7. The molecule has 9 nitrogen and oxygen atoms in total. The second-order valence-electron chi connectivity index (χ2n) is 5.04. The van der Waals surface area contributed by atoms with Gasteiger partial charge in [0.25, 0.3) is 0 Å². The highest BCUT2D eigenvalue weighted by Crippen LogP contribution is 2.35. The summed E-state index contributed by atoms with van der Waals surface area (Å²) in [7, 11) is 1.50. The lowest BCUT2D eigenvalue weighted by molar-refractivity contribution is -0.391. The number of nitro groups is 1. The molecule has 3 rings (SSSR count). The number of nitrogens with zero attached hydrogens (tertiary/aromatic N) is 4. The maximum Gasteiger partial charge on any atom is 0.342 e. The van der Waals surface area contributed by atoms with Gasteiger partial charge >= 0.3 is 5.82 Å². The number of fused-ring (bicyclic) bond motifs is 1. The molecule has 1 aromatic heterocycles. The fraction of sp³-hybridized carbons (Fsp3) is 0.636. The van der Waals surface area contributed by atoms with Gasteiger partial charge in [-0.3, -0.25) is 0 Å². The first-order chi connectivity index (χ1) is 9.50. The first-order valence-electron chi connectivity index (χ1n) is 6.27. The van der Waals surface area contributed by atoms with Crippen molar-refractivity contribution in [3.63, 3.8) is 0 Å². The number of aliphatic hydroxyl groups excluding tert-OH is 2. The normalized spacial score (nSPS) is 32.5. The molecule has 0 amide bonds. The van der Waals surface area contributed by atoms with E-state index in [4.69, 9.17) is 4.84 Å². The van der Waals surface area contributed by atoms with E-state index in [9.17, 15) is 20.3 Å². The summed E-state index contributed by atoms with van der Waals surface area (Å²) >= 11 is 0. The molecule has 2 N–H and O–H groups in total. The van der Waals surface area contributed by atoms with Gasteiger partial charge in [0.1, 0.15) is 12.3 Å². The highest BCUT2D eigenvalue weighted by atomic mass is 16.6. The Morgan fingerprint density at radius 3 is 2.90 bits per heavy atom. The molecule has 2 unspecified atom stereocenters. The van der Waals surface area contributed by atoms with Gasteiger partial charge in [0.2, 0.25) is 5.82 Å². The molecule has 20 heavy (non-hydrogen) atoms. The van der Waals surface area contributed by atoms with Crippen LogP contribution in [0.25, 0.3) is 0 Å². The fourth-order valence-corrected chi connectivity index (χ4v) is 2.78. The molecule has 2 aliphatic rings. The van der Waals surface area contributed by atoms with Crippen molar-refractivity contribution in [2.45, 2.75) is 31.2 Å². The van der Waals surface area contributed by atoms with Crippen LogP contribution in [0.3, 0.4) is 0 Å². The lowest BCUT2D eigenvalue weighted by atomic mass is 9.79. The lowest BCUT2D eigenvalue weighted by Gasteiger charge is -2.32. The quantitative estimate of drug-likeness (QED) is 0.560. The largest absolute Gasteiger partial charge is 0.391 e. The predicted octanol–water partition coefficient (Wildman–Crippen LogP) is -0.437. The second-order valence-corrected chi connectivity index (χ2v) is 5.04. The molecule has 0 spiro atoms. The Labute approximate surface area is 113 Å². The smallest absolute Gasteiger partial charge is 0.342 e. The van der Waals surface area contributed by atoms with E-state index >= 15 is 0 Å². The van der Waals surface area contributed by atoms with Gasteiger partial charge in [-0.25, -0.2) is 9.55 Å². The number of oxime groups is 1. The van der Waals surface area contributed by atoms with Crippen LogP contribution in [0.4, 0.5) is 5.82 Å². The summed E-state index contributed by atoms with van der Waals surface area (Å²) in [6, 6.07) is 0. The molecule has 0 bridgehead atoms. The molecule has 108 valence electrons. The van der Waals surface area contributed by atoms with Crippen molar-refractivity contribution >= 4 is 11.5 Å². The minimum Gasteiger partial charge on any atom is -0.391 e. The summed E-state index contributed by atoms with van der Waals surface area (Å²) in [5, 5.41) is 34.6. The number of imidazole rings is 1. The van der Waals surface area contributed by atoms with Gasteiger partial charge in [-0.05, 0) is 17.8 Å². The van der Waals surface area contributed by atoms with Crippen LogP contribution in [0.1, 0.15) is 18.7 Å². The third kappa shape index (κ3) is 1.78. The summed E-state index contributed by atoms with van der Waals surface area (Å²) < 4.78 is 1.29. The highest BCUT2D eigenvalue weighted by Gasteiger charge is 2.48. The van der Waals surface area contributed by atoms with Crippen LogP contribution in [0.15, 0.2) is 11.4 Å². The van der Waals surface area contributed by atoms with E-state index in [-0.39, 0.29) is 17.7 Å². The number of aliphatic hydroxyl groups is 2. The van der Waals surface area contributed by atoms with Crippen LogP contribution in [0.2, 0.25) is 0 Å². The van der Waals surface area contributed by atoms with Gasteiger partial charge in [0.15, 0.2) is 5.71 Å². The van der Waals surface area contributed by atoms with Gasteiger partial charge < -0.3 is 25.2 Å². The molecule has 4 atom stereocenters. The maximum absolute atomic E-state index is 10.8. The Morgan fingerprint density at radius 1 is 1.50 bits per heavy atom. The van der Waals surface area contributed by atoms with Crippen LogP contribution in [0.5, 0.6) is 0 Å². The Kier molecular flexibility index (Phi) is 2.94. The minimum atomic E-state index is -1.01. The molecule has 1 aliphatic heterocycles. The molecule has 1 aromatic rings. The van der Waals surface area contributed by atoms with E-state index in [2.05, 4.69) is 10.1 Å². The van der Waals surface area contributed by atoms with Crippen molar-refractivity contribution in [3.05, 3.63) is 22.1 Å². The summed E-state index contributed by atoms with van der Waals surface area (Å²) in [5.74, 6) is -0.409. The van der Waals surface area contributed by atoms with Gasteiger partial charge in [-0.15, -0.1) is 0 Å². The molecule has 1 saturated carbocycles. The molecule has 0 aromatic carbocycles. The van der Waals surface area contributed by atoms with Crippen LogP contribution in [-0.4, -0.2) is 48.7 Å². The second kappa shape index (κ2) is 4.53. The third-order valence-corrected chi connectivity index (χ3v) is 3.89. The van der Waals surface area contributed by atoms with Gasteiger partial charge in [-0.1, -0.05) is 5.16 Å². The minimum absolute atomic E-state index is 0.169. The molecule has 0 saturated heterocycles. The first-order valence-corrected chi connectivity index (χ1v) is 6.27. The Balaban J connectivity index is 1.96. The molecule has 1 fully saturated rings. The van der Waals surface area contributed by atoms with Crippen molar-refractivity contribution in [2.75, 3.05) is 0 Å². The number of aromatic nitrogens is 2. The Hall–Kier alpha value is -2.00. The van der Waals surface area contributed by atoms with Crippen molar-refractivity contribution in [1.29, 1.82) is 0 Å². The van der Waals surface area contributed by atoms with Gasteiger partial charge in [0.05, 0.1) is 25.2 Å². The monoisotopic (exact) mass is 282 g/mol. The Bertz CT molecular complexity index is 583. The predicted molar refractivity (Wildman–Crippen MR) is 66.0 cm³/mol. The highest BCUT2D eigenvalue weighted by molar-refractivity contribution is 6.01. The summed E-state index contributed by atoms with van der Waals surface area (Å²) in [4.78, 5) is 19.5. The van der Waals surface area contributed by atoms with Crippen LogP contribution >= 0.6 is 0 Å². The average Bonchev–Trinajstić information content (AvgIpc) is 2.97. The maximum atomic E-state index is 10.8. The van der Waals surface area contributed by atoms with E-state index in [0.717, 1.165) is 6.20 Å². The number of hydrogen-bond acceptors (Lipinski definition) is 7. The van der Waals surface area contributed by atoms with Crippen LogP contribution in [0, 0.1) is 16.0 Å². The topological polar surface area (TPSA) is 123 Å². The zero-order chi connectivity index (χ0) is 14.4. The molecule has 2 heterocycles. The standard InChI is InChI=1S/C11H14N4O5/c1-14-7(15(18)19)4-12-11(14)9-8-6(20-13-9)3-2-5(16)10(8)17/h4-6,8,10,16-17H,2-3H2,1H3/t5?,6-,8+,10?/m1/s1. The number of hydrogen-bond donors (Lipinski definition) is 2. The third-order valence-electron chi connectivity index (χ3n) is 3.89. The summed E-state index contributed by atoms with van der Waals surface area (Å²) in [5.41, 5.74) is 0.344. The summed E-state index contributed by atoms with van der Waals surface area (Å²) in [6.07, 6.45) is -0.0336. The molecular formula is C11H14N4O5. The van der Waals surface area contributed by atoms with E-state index in [0.29, 0.717) is 18.6 Å². The zero-order valence-corrected chi connectivity index (χ0v) is 10.7. The van der Waals surface area contributed by atoms with Crippen molar-refractivity contribution in [2.24, 2.45) is 18.1 Å². The molecule has 0 radical (unpaired) electrons. The fourth-order valence-electron chi connectivity index (χ4n) is 2.78. The molecule has 9 heteroatoms. The number of rotatable bonds is 2. The van der Waals surface area contributed by atoms with Crippen LogP contribution < -0.4 is 0 Å². The van der Waals surface area contributed by atoms with Gasteiger partial charge in [0, 0.05) is 0 Å². The first kappa shape index (κ1) is 13.0. The Morgan fingerprint density at radius 2 is 2.25 bits per heavy atom. The average molecular weight is 282 g/mol. The lowest BCUT2D eigenvalue weighted by Crippen LogP contribution is -2.47. The van der Waals surface area contributed by atoms with E-state index < -0.39 is 23.0 Å². The van der Waals surface area contributed by atoms with E-state index in [1.165, 1.54) is 11.6 Å². The molecule has 1 aliphatic carbocycles. The summed E-state index contributed by atoms with van der Waals surface area (Å²) in [6.45, 7) is 0. The van der Waals surface area contributed by atoms with Crippen molar-refractivity contribution < 1.29 is 20.0 Å². The van der Waals surface area contributed by atoms with Crippen molar-refractivity contribution in [1.82, 2.24) is 9.55 Å². The van der Waals surface area contributed by atoms with E-state index in [1.807, 2.05) is 0 Å². The van der Waals surface area contributed by atoms with Crippen LogP contribution in [-0.2, 0) is 11.9 Å². The van der Waals surface area contributed by atoms with Crippen molar-refractivity contribution in [3.8, 4) is 0 Å². The van der Waals surface area contributed by atoms with E-state index in [1.54, 1.807) is 0 Å². The SMILES string of the molecule is Cn1c([N+](=O)[O-])cnc1C1=NO[C@@H]2CCC(O)C(O)[C@H]12. The van der Waals surface area contributed by atoms with Gasteiger partial charge in [-0.2, -0.15) is 0 Å².